The van der Waals surface area contributed by atoms with Crippen molar-refractivity contribution in [3.8, 4) is 33.9 Å². The maximum Gasteiger partial charge on any atom is 0.132 e. The van der Waals surface area contributed by atoms with Crippen LogP contribution in [0.5, 0.6) is 11.5 Å². The first-order valence-corrected chi connectivity index (χ1v) is 9.53. The molecule has 4 nitrogen and oxygen atoms in total. The van der Waals surface area contributed by atoms with Crippen LogP contribution in [0.15, 0.2) is 48.5 Å². The number of aromatic hydroxyl groups is 1. The maximum atomic E-state index is 14.6. The highest BCUT2D eigenvalue weighted by atomic mass is 35.5. The van der Waals surface area contributed by atoms with Crippen molar-refractivity contribution in [3.63, 3.8) is 0 Å². The zero-order chi connectivity index (χ0) is 19.7. The molecule has 28 heavy (non-hydrogen) atoms. The van der Waals surface area contributed by atoms with Gasteiger partial charge >= 0.3 is 0 Å². The molecule has 0 saturated carbocycles. The first-order valence-electron chi connectivity index (χ1n) is 9.15. The summed E-state index contributed by atoms with van der Waals surface area (Å²) in [5.74, 6) is 0.959. The molecule has 0 spiro atoms. The number of anilines is 1. The first kappa shape index (κ1) is 18.6. The zero-order valence-electron chi connectivity index (χ0n) is 15.5. The minimum absolute atomic E-state index is 0.0519. The fourth-order valence-corrected chi connectivity index (χ4v) is 3.81. The third-order valence-corrected chi connectivity index (χ3v) is 5.29. The van der Waals surface area contributed by atoms with Gasteiger partial charge in [-0.1, -0.05) is 17.7 Å². The van der Waals surface area contributed by atoms with Crippen molar-refractivity contribution in [2.45, 2.75) is 12.8 Å². The van der Waals surface area contributed by atoms with Gasteiger partial charge in [-0.2, -0.15) is 0 Å². The second-order valence-corrected chi connectivity index (χ2v) is 7.18. The van der Waals surface area contributed by atoms with Crippen molar-refractivity contribution in [1.29, 1.82) is 0 Å². The number of phenolic OH excluding ortho intramolecular Hbond substituents is 1. The van der Waals surface area contributed by atoms with Crippen LogP contribution in [0, 0.1) is 5.82 Å². The molecule has 1 aromatic heterocycles. The van der Waals surface area contributed by atoms with Crippen LogP contribution in [0.2, 0.25) is 5.02 Å². The number of pyridine rings is 1. The van der Waals surface area contributed by atoms with E-state index < -0.39 is 5.82 Å². The minimum Gasteiger partial charge on any atom is -0.507 e. The standard InChI is InChI=1S/C22H20ClFN2O2/c1-28-15-7-8-16(20(27)13-15)19-11-14(22-17(23)5-4-6-18(22)24)12-21(25-19)26-9-2-3-10-26/h4-8,11-13,27H,2-3,9-10H2,1H3. The van der Waals surface area contributed by atoms with E-state index in [0.29, 0.717) is 33.2 Å². The second-order valence-electron chi connectivity index (χ2n) is 6.77. The number of hydrogen-bond acceptors (Lipinski definition) is 4. The molecule has 1 fully saturated rings. The van der Waals surface area contributed by atoms with Crippen LogP contribution in [0.1, 0.15) is 12.8 Å². The molecule has 0 radical (unpaired) electrons. The molecule has 0 bridgehead atoms. The Balaban J connectivity index is 1.90. The average molecular weight is 399 g/mol. The van der Waals surface area contributed by atoms with E-state index in [9.17, 15) is 9.50 Å². The number of phenols is 1. The molecule has 1 aliphatic rings. The quantitative estimate of drug-likeness (QED) is 0.628. The number of hydrogen-bond donors (Lipinski definition) is 1. The van der Waals surface area contributed by atoms with E-state index in [1.807, 2.05) is 6.07 Å². The maximum absolute atomic E-state index is 14.6. The lowest BCUT2D eigenvalue weighted by molar-refractivity contribution is 0.408. The van der Waals surface area contributed by atoms with Crippen LogP contribution in [0.4, 0.5) is 10.2 Å². The van der Waals surface area contributed by atoms with E-state index in [1.54, 1.807) is 37.4 Å². The Labute approximate surface area is 168 Å². The molecule has 144 valence electrons. The summed E-state index contributed by atoms with van der Waals surface area (Å²) in [6.07, 6.45) is 2.19. The number of halogens is 2. The predicted molar refractivity (Wildman–Crippen MR) is 110 cm³/mol. The molecule has 1 saturated heterocycles. The number of nitrogens with zero attached hydrogens (tertiary/aromatic N) is 2. The van der Waals surface area contributed by atoms with Crippen LogP contribution >= 0.6 is 11.6 Å². The molecule has 2 aromatic carbocycles. The summed E-state index contributed by atoms with van der Waals surface area (Å²) in [4.78, 5) is 6.92. The molecular weight excluding hydrogens is 379 g/mol. The Bertz CT molecular complexity index is 999. The van der Waals surface area contributed by atoms with E-state index in [0.717, 1.165) is 31.7 Å². The summed E-state index contributed by atoms with van der Waals surface area (Å²) in [5, 5.41) is 10.8. The Hall–Kier alpha value is -2.79. The highest BCUT2D eigenvalue weighted by Crippen LogP contribution is 2.38. The van der Waals surface area contributed by atoms with Crippen LogP contribution in [-0.4, -0.2) is 30.3 Å². The molecule has 0 aliphatic carbocycles. The van der Waals surface area contributed by atoms with E-state index in [1.165, 1.54) is 12.1 Å². The first-order chi connectivity index (χ1) is 13.6. The summed E-state index contributed by atoms with van der Waals surface area (Å²) in [6, 6.07) is 13.3. The summed E-state index contributed by atoms with van der Waals surface area (Å²) in [7, 11) is 1.54. The van der Waals surface area contributed by atoms with E-state index in [4.69, 9.17) is 21.3 Å². The Morgan fingerprint density at radius 3 is 2.57 bits per heavy atom. The predicted octanol–water partition coefficient (Wildman–Crippen LogP) is 5.52. The molecule has 6 heteroatoms. The van der Waals surface area contributed by atoms with Crippen LogP contribution in [0.25, 0.3) is 22.4 Å². The number of methoxy groups -OCH3 is 1. The average Bonchev–Trinajstić information content (AvgIpc) is 3.22. The van der Waals surface area contributed by atoms with Gasteiger partial charge in [-0.05, 0) is 54.8 Å². The van der Waals surface area contributed by atoms with Crippen LogP contribution in [0.3, 0.4) is 0 Å². The fraction of sp³-hybridized carbons (Fsp3) is 0.227. The van der Waals surface area contributed by atoms with Crippen LogP contribution in [-0.2, 0) is 0 Å². The van der Waals surface area contributed by atoms with Gasteiger partial charge in [0.15, 0.2) is 0 Å². The summed E-state index contributed by atoms with van der Waals surface area (Å²) >= 11 is 6.31. The van der Waals surface area contributed by atoms with Gasteiger partial charge in [0.05, 0.1) is 17.8 Å². The molecule has 0 unspecified atom stereocenters. The monoisotopic (exact) mass is 398 g/mol. The van der Waals surface area contributed by atoms with Gasteiger partial charge in [-0.25, -0.2) is 9.37 Å². The van der Waals surface area contributed by atoms with Crippen molar-refractivity contribution in [2.75, 3.05) is 25.1 Å². The van der Waals surface area contributed by atoms with Gasteiger partial charge < -0.3 is 14.7 Å². The van der Waals surface area contributed by atoms with Gasteiger partial charge in [-0.15, -0.1) is 0 Å². The van der Waals surface area contributed by atoms with Crippen LogP contribution < -0.4 is 9.64 Å². The molecular formula is C22H20ClFN2O2. The topological polar surface area (TPSA) is 45.6 Å². The number of aromatic nitrogens is 1. The van der Waals surface area contributed by atoms with Crippen molar-refractivity contribution < 1.29 is 14.2 Å². The number of ether oxygens (including phenoxy) is 1. The SMILES string of the molecule is COc1ccc(-c2cc(-c3c(F)cccc3Cl)cc(N3CCCC3)n2)c(O)c1. The molecule has 1 aliphatic heterocycles. The molecule has 3 aromatic rings. The Morgan fingerprint density at radius 1 is 1.11 bits per heavy atom. The lowest BCUT2D eigenvalue weighted by Crippen LogP contribution is -2.19. The van der Waals surface area contributed by atoms with Gasteiger partial charge in [0.2, 0.25) is 0 Å². The largest absolute Gasteiger partial charge is 0.507 e. The van der Waals surface area contributed by atoms with Gasteiger partial charge in [0, 0.05) is 30.3 Å². The summed E-state index contributed by atoms with van der Waals surface area (Å²) < 4.78 is 19.7. The lowest BCUT2D eigenvalue weighted by Gasteiger charge is -2.19. The lowest BCUT2D eigenvalue weighted by atomic mass is 10.0. The van der Waals surface area contributed by atoms with Gasteiger partial charge in [0.25, 0.3) is 0 Å². The van der Waals surface area contributed by atoms with E-state index in [-0.39, 0.29) is 5.75 Å². The summed E-state index contributed by atoms with van der Waals surface area (Å²) in [6.45, 7) is 1.80. The number of benzene rings is 2. The fourth-order valence-electron chi connectivity index (χ4n) is 3.54. The highest BCUT2D eigenvalue weighted by Gasteiger charge is 2.19. The number of rotatable bonds is 4. The van der Waals surface area contributed by atoms with Crippen molar-refractivity contribution in [1.82, 2.24) is 4.98 Å². The Morgan fingerprint density at radius 2 is 1.89 bits per heavy atom. The molecule has 2 heterocycles. The third kappa shape index (κ3) is 3.50. The van der Waals surface area contributed by atoms with E-state index >= 15 is 0 Å². The van der Waals surface area contributed by atoms with Gasteiger partial charge in [-0.3, -0.25) is 0 Å². The third-order valence-electron chi connectivity index (χ3n) is 4.97. The molecule has 0 atom stereocenters. The summed E-state index contributed by atoms with van der Waals surface area (Å²) in [5.41, 5.74) is 2.07. The van der Waals surface area contributed by atoms with Gasteiger partial charge in [0.1, 0.15) is 23.1 Å². The minimum atomic E-state index is -0.393. The second kappa shape index (κ2) is 7.68. The molecule has 0 amide bonds. The molecule has 4 rings (SSSR count). The normalized spacial score (nSPS) is 13.8. The molecule has 1 N–H and O–H groups in total. The van der Waals surface area contributed by atoms with Crippen molar-refractivity contribution in [3.05, 3.63) is 59.4 Å². The highest BCUT2D eigenvalue weighted by molar-refractivity contribution is 6.33. The van der Waals surface area contributed by atoms with E-state index in [2.05, 4.69) is 4.90 Å². The van der Waals surface area contributed by atoms with Crippen molar-refractivity contribution >= 4 is 17.4 Å². The zero-order valence-corrected chi connectivity index (χ0v) is 16.2. The van der Waals surface area contributed by atoms with Crippen molar-refractivity contribution in [2.24, 2.45) is 0 Å². The smallest absolute Gasteiger partial charge is 0.132 e. The Kier molecular flexibility index (Phi) is 5.09.